The van der Waals surface area contributed by atoms with Crippen molar-refractivity contribution in [3.8, 4) is 0 Å². The Morgan fingerprint density at radius 3 is 1.74 bits per heavy atom. The predicted octanol–water partition coefficient (Wildman–Crippen LogP) is -1.84. The molecule has 0 aromatic rings. The Morgan fingerprint density at radius 2 is 1.37 bits per heavy atom. The summed E-state index contributed by atoms with van der Waals surface area (Å²) in [7, 11) is 0. The highest BCUT2D eigenvalue weighted by molar-refractivity contribution is 5.94. The van der Waals surface area contributed by atoms with Gasteiger partial charge in [-0.1, -0.05) is 5.16 Å². The number of amides is 1. The SMILES string of the molecule is CC(=O)OCC(=NO)[C@@H](OC(C)=O)[C@@H](OC(C)=O)[C@@H](OC(C)=O)C(=O)NN. The molecular weight excluding hydrogens is 370 g/mol. The minimum Gasteiger partial charge on any atom is -0.459 e. The minimum absolute atomic E-state index is 0.506. The molecular formula is C14H21N3O10. The third-order valence-electron chi connectivity index (χ3n) is 2.77. The average molecular weight is 391 g/mol. The molecule has 0 bridgehead atoms. The Bertz CT molecular complexity index is 618. The molecule has 152 valence electrons. The van der Waals surface area contributed by atoms with Gasteiger partial charge in [-0.25, -0.2) is 5.84 Å². The molecule has 13 heteroatoms. The number of oxime groups is 1. The summed E-state index contributed by atoms with van der Waals surface area (Å²) < 4.78 is 19.4. The zero-order valence-electron chi connectivity index (χ0n) is 15.1. The number of rotatable bonds is 9. The number of carbonyl (C=O) groups excluding carboxylic acids is 5. The quantitative estimate of drug-likeness (QED) is 0.0760. The first-order chi connectivity index (χ1) is 12.5. The predicted molar refractivity (Wildman–Crippen MR) is 84.8 cm³/mol. The van der Waals surface area contributed by atoms with Crippen molar-refractivity contribution in [2.75, 3.05) is 6.61 Å². The number of hydrogen-bond donors (Lipinski definition) is 3. The molecule has 0 aliphatic heterocycles. The molecule has 0 aliphatic carbocycles. The summed E-state index contributed by atoms with van der Waals surface area (Å²) in [6, 6.07) is 0. The molecule has 1 amide bonds. The van der Waals surface area contributed by atoms with E-state index in [-0.39, 0.29) is 0 Å². The number of carbonyl (C=O) groups is 5. The topological polar surface area (TPSA) is 193 Å². The summed E-state index contributed by atoms with van der Waals surface area (Å²) in [6.45, 7) is 3.27. The monoisotopic (exact) mass is 391 g/mol. The zero-order valence-corrected chi connectivity index (χ0v) is 15.1. The number of esters is 4. The Labute approximate surface area is 153 Å². The van der Waals surface area contributed by atoms with Crippen molar-refractivity contribution in [3.05, 3.63) is 0 Å². The molecule has 0 fully saturated rings. The van der Waals surface area contributed by atoms with E-state index in [0.29, 0.717) is 0 Å². The van der Waals surface area contributed by atoms with Crippen molar-refractivity contribution in [1.82, 2.24) is 5.43 Å². The van der Waals surface area contributed by atoms with E-state index >= 15 is 0 Å². The fourth-order valence-electron chi connectivity index (χ4n) is 1.85. The lowest BCUT2D eigenvalue weighted by molar-refractivity contribution is -0.181. The van der Waals surface area contributed by atoms with Crippen LogP contribution in [-0.4, -0.2) is 65.6 Å². The molecule has 0 aromatic carbocycles. The average Bonchev–Trinajstić information content (AvgIpc) is 2.55. The standard InChI is InChI=1S/C14H21N3O10/c1-6(18)24-5-10(17-23)11(25-7(2)19)12(26-8(3)20)13(14(22)16-15)27-9(4)21/h11-13,23H,5,15H2,1-4H3,(H,16,22)/t11-,12-,13-/m1/s1. The maximum Gasteiger partial charge on any atom is 0.303 e. The summed E-state index contributed by atoms with van der Waals surface area (Å²) in [5.41, 5.74) is 1.20. The Kier molecular flexibility index (Phi) is 10.0. The van der Waals surface area contributed by atoms with Crippen LogP contribution in [0.2, 0.25) is 0 Å². The number of nitrogens with one attached hydrogen (secondary N) is 1. The number of ether oxygens (including phenoxy) is 4. The van der Waals surface area contributed by atoms with Gasteiger partial charge in [0, 0.05) is 27.7 Å². The van der Waals surface area contributed by atoms with Crippen LogP contribution in [-0.2, 0) is 42.9 Å². The Morgan fingerprint density at radius 1 is 0.889 bits per heavy atom. The Balaban J connectivity index is 6.12. The van der Waals surface area contributed by atoms with Crippen LogP contribution < -0.4 is 11.3 Å². The number of nitrogens with zero attached hydrogens (tertiary/aromatic N) is 1. The molecule has 3 atom stereocenters. The fraction of sp³-hybridized carbons (Fsp3) is 0.571. The van der Waals surface area contributed by atoms with Crippen LogP contribution in [0.3, 0.4) is 0 Å². The largest absolute Gasteiger partial charge is 0.459 e. The lowest BCUT2D eigenvalue weighted by Gasteiger charge is -2.30. The fourth-order valence-corrected chi connectivity index (χ4v) is 1.85. The van der Waals surface area contributed by atoms with Gasteiger partial charge in [-0.2, -0.15) is 0 Å². The van der Waals surface area contributed by atoms with E-state index in [4.69, 9.17) is 20.1 Å². The van der Waals surface area contributed by atoms with E-state index in [1.165, 1.54) is 0 Å². The third-order valence-corrected chi connectivity index (χ3v) is 2.77. The van der Waals surface area contributed by atoms with E-state index in [1.54, 1.807) is 5.43 Å². The van der Waals surface area contributed by atoms with E-state index < -0.39 is 60.4 Å². The zero-order chi connectivity index (χ0) is 21.1. The second-order valence-electron chi connectivity index (χ2n) is 5.01. The van der Waals surface area contributed by atoms with E-state index in [1.807, 2.05) is 0 Å². The van der Waals surface area contributed by atoms with Gasteiger partial charge >= 0.3 is 23.9 Å². The van der Waals surface area contributed by atoms with Crippen molar-refractivity contribution >= 4 is 35.5 Å². The third kappa shape index (κ3) is 8.62. The van der Waals surface area contributed by atoms with E-state index in [9.17, 15) is 29.2 Å². The van der Waals surface area contributed by atoms with Crippen molar-refractivity contribution < 1.29 is 48.1 Å². The van der Waals surface area contributed by atoms with Gasteiger partial charge in [0.25, 0.3) is 5.91 Å². The molecule has 27 heavy (non-hydrogen) atoms. The van der Waals surface area contributed by atoms with Gasteiger partial charge in [0.1, 0.15) is 12.3 Å². The van der Waals surface area contributed by atoms with Crippen LogP contribution in [0.15, 0.2) is 5.16 Å². The maximum absolute atomic E-state index is 12.0. The van der Waals surface area contributed by atoms with Gasteiger partial charge in [0.05, 0.1) is 0 Å². The van der Waals surface area contributed by atoms with Gasteiger partial charge in [0.15, 0.2) is 12.2 Å². The summed E-state index contributed by atoms with van der Waals surface area (Å²) in [6.07, 6.45) is -5.44. The molecule has 0 spiro atoms. The molecule has 0 unspecified atom stereocenters. The molecule has 0 saturated heterocycles. The molecule has 4 N–H and O–H groups in total. The highest BCUT2D eigenvalue weighted by Crippen LogP contribution is 2.17. The molecule has 0 rings (SSSR count). The lowest BCUT2D eigenvalue weighted by atomic mass is 10.0. The Hall–Kier alpha value is -3.22. The van der Waals surface area contributed by atoms with Crippen LogP contribution in [0.1, 0.15) is 27.7 Å². The number of hydrogen-bond acceptors (Lipinski definition) is 12. The van der Waals surface area contributed by atoms with Crippen LogP contribution >= 0.6 is 0 Å². The molecule has 0 aliphatic rings. The van der Waals surface area contributed by atoms with Gasteiger partial charge in [0.2, 0.25) is 6.10 Å². The smallest absolute Gasteiger partial charge is 0.303 e. The minimum atomic E-state index is -1.88. The number of hydrazine groups is 1. The summed E-state index contributed by atoms with van der Waals surface area (Å²) >= 11 is 0. The molecule has 0 aromatic heterocycles. The molecule has 0 saturated carbocycles. The van der Waals surface area contributed by atoms with Crippen molar-refractivity contribution in [1.29, 1.82) is 0 Å². The summed E-state index contributed by atoms with van der Waals surface area (Å²) in [5.74, 6) is 0.316. The maximum atomic E-state index is 12.0. The first-order valence-electron chi connectivity index (χ1n) is 7.39. The first-order valence-corrected chi connectivity index (χ1v) is 7.39. The van der Waals surface area contributed by atoms with Gasteiger partial charge in [-0.15, -0.1) is 0 Å². The summed E-state index contributed by atoms with van der Waals surface area (Å²) in [4.78, 5) is 57.2. The van der Waals surface area contributed by atoms with Crippen molar-refractivity contribution in [3.63, 3.8) is 0 Å². The van der Waals surface area contributed by atoms with E-state index in [0.717, 1.165) is 27.7 Å². The first kappa shape index (κ1) is 23.8. The van der Waals surface area contributed by atoms with Gasteiger partial charge in [-0.3, -0.25) is 29.4 Å². The van der Waals surface area contributed by atoms with Gasteiger partial charge in [-0.05, 0) is 0 Å². The van der Waals surface area contributed by atoms with Gasteiger partial charge < -0.3 is 24.2 Å². The molecule has 0 radical (unpaired) electrons. The summed E-state index contributed by atoms with van der Waals surface area (Å²) in [5, 5.41) is 12.1. The van der Waals surface area contributed by atoms with Crippen molar-refractivity contribution in [2.45, 2.75) is 46.0 Å². The van der Waals surface area contributed by atoms with E-state index in [2.05, 4.69) is 9.89 Å². The van der Waals surface area contributed by atoms with Crippen LogP contribution in [0, 0.1) is 0 Å². The highest BCUT2D eigenvalue weighted by atomic mass is 16.6. The van der Waals surface area contributed by atoms with Crippen LogP contribution in [0.25, 0.3) is 0 Å². The lowest BCUT2D eigenvalue weighted by Crippen LogP contribution is -2.56. The van der Waals surface area contributed by atoms with Crippen molar-refractivity contribution in [2.24, 2.45) is 11.0 Å². The van der Waals surface area contributed by atoms with Crippen LogP contribution in [0.4, 0.5) is 0 Å². The number of nitrogens with two attached hydrogens (primary N) is 1. The molecule has 0 heterocycles. The normalized spacial score (nSPS) is 14.2. The highest BCUT2D eigenvalue weighted by Gasteiger charge is 2.44. The second-order valence-corrected chi connectivity index (χ2v) is 5.01. The molecule has 13 nitrogen and oxygen atoms in total. The van der Waals surface area contributed by atoms with Crippen LogP contribution in [0.5, 0.6) is 0 Å². The second kappa shape index (κ2) is 11.4.